The molecule has 1 amide bonds. The van der Waals surface area contributed by atoms with E-state index in [1.165, 1.54) is 7.11 Å². The number of carbonyl (C=O) groups is 1. The molecule has 128 valence electrons. The van der Waals surface area contributed by atoms with Crippen LogP contribution in [0.25, 0.3) is 0 Å². The Labute approximate surface area is 141 Å². The number of benzene rings is 1. The molecule has 1 aromatic heterocycles. The Morgan fingerprint density at radius 1 is 1.38 bits per heavy atom. The van der Waals surface area contributed by atoms with Gasteiger partial charge in [-0.05, 0) is 31.9 Å². The fraction of sp³-hybridized carbons (Fsp3) is 0.444. The zero-order chi connectivity index (χ0) is 17.1. The number of hydrogen-bond donors (Lipinski definition) is 1. The second-order valence-corrected chi connectivity index (χ2v) is 5.99. The molecule has 0 unspecified atom stereocenters. The van der Waals surface area contributed by atoms with Crippen LogP contribution in [0.2, 0.25) is 0 Å². The molecule has 0 radical (unpaired) electrons. The Balaban J connectivity index is 1.70. The number of aromatic hydroxyl groups is 1. The summed E-state index contributed by atoms with van der Waals surface area (Å²) >= 11 is 0. The summed E-state index contributed by atoms with van der Waals surface area (Å²) in [5.41, 5.74) is 0.294. The first kappa shape index (κ1) is 16.4. The minimum atomic E-state index is -0.149. The number of methoxy groups -OCH3 is 1. The number of carbonyl (C=O) groups excluding carboxylic acids is 1. The molecule has 6 heteroatoms. The first-order valence-corrected chi connectivity index (χ1v) is 8.32. The Kier molecular flexibility index (Phi) is 4.74. The molecule has 3 rings (SSSR count). The van der Waals surface area contributed by atoms with Gasteiger partial charge in [0.05, 0.1) is 12.7 Å². The number of rotatable bonds is 4. The van der Waals surface area contributed by atoms with Crippen molar-refractivity contribution in [3.63, 3.8) is 0 Å². The highest BCUT2D eigenvalue weighted by atomic mass is 16.5. The summed E-state index contributed by atoms with van der Waals surface area (Å²) in [7, 11) is 1.48. The van der Waals surface area contributed by atoms with E-state index in [4.69, 9.17) is 4.74 Å². The van der Waals surface area contributed by atoms with Crippen molar-refractivity contribution in [2.45, 2.75) is 32.2 Å². The van der Waals surface area contributed by atoms with Gasteiger partial charge in [-0.2, -0.15) is 0 Å². The lowest BCUT2D eigenvalue weighted by Crippen LogP contribution is -2.38. The Morgan fingerprint density at radius 3 is 2.79 bits per heavy atom. The number of hydrogen-bond acceptors (Lipinski definition) is 4. The number of amides is 1. The molecule has 1 N–H and O–H groups in total. The first-order chi connectivity index (χ1) is 11.7. The molecule has 0 atom stereocenters. The first-order valence-electron chi connectivity index (χ1n) is 8.32. The summed E-state index contributed by atoms with van der Waals surface area (Å²) in [6.45, 7) is 4.34. The predicted octanol–water partition coefficient (Wildman–Crippen LogP) is 2.64. The molecule has 1 aliphatic heterocycles. The molecular formula is C18H23N3O3. The molecule has 2 heterocycles. The predicted molar refractivity (Wildman–Crippen MR) is 90.4 cm³/mol. The van der Waals surface area contributed by atoms with Crippen LogP contribution < -0.4 is 4.74 Å². The molecule has 0 spiro atoms. The van der Waals surface area contributed by atoms with Crippen LogP contribution in [0.4, 0.5) is 0 Å². The molecule has 1 aromatic carbocycles. The van der Waals surface area contributed by atoms with Gasteiger partial charge in [0.2, 0.25) is 0 Å². The van der Waals surface area contributed by atoms with E-state index < -0.39 is 0 Å². The van der Waals surface area contributed by atoms with E-state index >= 15 is 0 Å². The average molecular weight is 329 g/mol. The zero-order valence-electron chi connectivity index (χ0n) is 14.1. The fourth-order valence-corrected chi connectivity index (χ4v) is 3.32. The maximum atomic E-state index is 12.7. The lowest BCUT2D eigenvalue weighted by atomic mass is 9.95. The van der Waals surface area contributed by atoms with Crippen LogP contribution in [0, 0.1) is 0 Å². The molecule has 2 aromatic rings. The number of phenols is 1. The van der Waals surface area contributed by atoms with Gasteiger partial charge in [0.1, 0.15) is 5.82 Å². The van der Waals surface area contributed by atoms with Gasteiger partial charge in [0, 0.05) is 37.9 Å². The van der Waals surface area contributed by atoms with Crippen molar-refractivity contribution in [1.82, 2.24) is 14.5 Å². The number of ether oxygens (including phenoxy) is 1. The number of nitrogens with zero attached hydrogens (tertiary/aromatic N) is 3. The molecule has 24 heavy (non-hydrogen) atoms. The highest BCUT2D eigenvalue weighted by Gasteiger charge is 2.28. The Bertz CT molecular complexity index is 718. The summed E-state index contributed by atoms with van der Waals surface area (Å²) in [6, 6.07) is 5.00. The summed E-state index contributed by atoms with van der Waals surface area (Å²) in [5, 5.41) is 10.2. The van der Waals surface area contributed by atoms with Gasteiger partial charge in [-0.1, -0.05) is 6.07 Å². The standard InChI is InChI=1S/C18H23N3O3/c1-3-20-12-9-19-17(20)13-7-10-21(11-8-13)18(23)14-5-4-6-15(24-2)16(14)22/h4-6,9,12-13,22H,3,7-8,10-11H2,1-2H3. The smallest absolute Gasteiger partial charge is 0.257 e. The van der Waals surface area contributed by atoms with Crippen LogP contribution in [-0.4, -0.2) is 45.7 Å². The van der Waals surface area contributed by atoms with Crippen molar-refractivity contribution in [3.8, 4) is 11.5 Å². The fourth-order valence-electron chi connectivity index (χ4n) is 3.32. The summed E-state index contributed by atoms with van der Waals surface area (Å²) in [6.07, 6.45) is 5.60. The highest BCUT2D eigenvalue weighted by Crippen LogP contribution is 2.32. The van der Waals surface area contributed by atoms with Crippen molar-refractivity contribution in [1.29, 1.82) is 0 Å². The second-order valence-electron chi connectivity index (χ2n) is 5.99. The number of aromatic nitrogens is 2. The van der Waals surface area contributed by atoms with Crippen LogP contribution in [0.15, 0.2) is 30.6 Å². The average Bonchev–Trinajstić information content (AvgIpc) is 3.10. The lowest BCUT2D eigenvalue weighted by Gasteiger charge is -2.32. The van der Waals surface area contributed by atoms with E-state index in [9.17, 15) is 9.90 Å². The maximum Gasteiger partial charge on any atom is 0.257 e. The SMILES string of the molecule is CCn1ccnc1C1CCN(C(=O)c2cccc(OC)c2O)CC1. The van der Waals surface area contributed by atoms with Gasteiger partial charge in [-0.15, -0.1) is 0 Å². The van der Waals surface area contributed by atoms with Gasteiger partial charge in [-0.3, -0.25) is 4.79 Å². The molecule has 0 saturated carbocycles. The van der Waals surface area contributed by atoms with E-state index in [-0.39, 0.29) is 11.7 Å². The number of phenolic OH excluding ortho intramolecular Hbond substituents is 1. The van der Waals surface area contributed by atoms with Gasteiger partial charge >= 0.3 is 0 Å². The number of likely N-dealkylation sites (tertiary alicyclic amines) is 1. The minimum absolute atomic E-state index is 0.0892. The van der Waals surface area contributed by atoms with E-state index in [0.29, 0.717) is 30.3 Å². The highest BCUT2D eigenvalue weighted by molar-refractivity contribution is 5.97. The second kappa shape index (κ2) is 6.95. The molecule has 1 aliphatic rings. The quantitative estimate of drug-likeness (QED) is 0.936. The van der Waals surface area contributed by atoms with Crippen molar-refractivity contribution >= 4 is 5.91 Å². The van der Waals surface area contributed by atoms with Crippen LogP contribution >= 0.6 is 0 Å². The van der Waals surface area contributed by atoms with Crippen molar-refractivity contribution in [3.05, 3.63) is 42.0 Å². The molecule has 1 fully saturated rings. The van der Waals surface area contributed by atoms with Crippen molar-refractivity contribution in [2.75, 3.05) is 20.2 Å². The van der Waals surface area contributed by atoms with E-state index in [0.717, 1.165) is 25.2 Å². The minimum Gasteiger partial charge on any atom is -0.504 e. The Morgan fingerprint density at radius 2 is 2.12 bits per heavy atom. The molecule has 1 saturated heterocycles. The van der Waals surface area contributed by atoms with Gasteiger partial charge in [0.25, 0.3) is 5.91 Å². The van der Waals surface area contributed by atoms with Crippen LogP contribution in [0.3, 0.4) is 0 Å². The van der Waals surface area contributed by atoms with Gasteiger partial charge in [0.15, 0.2) is 11.5 Å². The third-order valence-electron chi connectivity index (χ3n) is 4.69. The third kappa shape index (κ3) is 2.96. The van der Waals surface area contributed by atoms with Crippen LogP contribution in [0.5, 0.6) is 11.5 Å². The Hall–Kier alpha value is -2.50. The normalized spacial score (nSPS) is 15.5. The molecular weight excluding hydrogens is 306 g/mol. The summed E-state index contributed by atoms with van der Waals surface area (Å²) in [4.78, 5) is 19.0. The summed E-state index contributed by atoms with van der Waals surface area (Å²) < 4.78 is 7.25. The molecule has 0 aliphatic carbocycles. The van der Waals surface area contributed by atoms with Crippen LogP contribution in [0.1, 0.15) is 41.9 Å². The lowest BCUT2D eigenvalue weighted by molar-refractivity contribution is 0.0706. The van der Waals surface area contributed by atoms with Crippen LogP contribution in [-0.2, 0) is 6.54 Å². The van der Waals surface area contributed by atoms with Gasteiger partial charge in [-0.25, -0.2) is 4.98 Å². The van der Waals surface area contributed by atoms with Crippen molar-refractivity contribution < 1.29 is 14.6 Å². The van der Waals surface area contributed by atoms with E-state index in [1.54, 1.807) is 23.1 Å². The molecule has 6 nitrogen and oxygen atoms in total. The summed E-state index contributed by atoms with van der Waals surface area (Å²) in [5.74, 6) is 1.56. The number of aryl methyl sites for hydroxylation is 1. The zero-order valence-corrected chi connectivity index (χ0v) is 14.1. The monoisotopic (exact) mass is 329 g/mol. The third-order valence-corrected chi connectivity index (χ3v) is 4.69. The maximum absolute atomic E-state index is 12.7. The largest absolute Gasteiger partial charge is 0.504 e. The number of imidazole rings is 1. The van der Waals surface area contributed by atoms with Gasteiger partial charge < -0.3 is 19.3 Å². The van der Waals surface area contributed by atoms with Crippen molar-refractivity contribution in [2.24, 2.45) is 0 Å². The topological polar surface area (TPSA) is 67.6 Å². The van der Waals surface area contributed by atoms with E-state index in [1.807, 2.05) is 12.4 Å². The number of piperidine rings is 1. The number of para-hydroxylation sites is 1. The van der Waals surface area contributed by atoms with E-state index in [2.05, 4.69) is 16.5 Å². The molecule has 0 bridgehead atoms.